The van der Waals surface area contributed by atoms with Crippen molar-refractivity contribution >= 4 is 17.5 Å². The number of hydrogen-bond donors (Lipinski definition) is 1. The first kappa shape index (κ1) is 12.4. The Morgan fingerprint density at radius 2 is 2.29 bits per heavy atom. The highest BCUT2D eigenvalue weighted by Crippen LogP contribution is 2.50. The summed E-state index contributed by atoms with van der Waals surface area (Å²) in [7, 11) is 0. The molecule has 0 aromatic carbocycles. The zero-order chi connectivity index (χ0) is 12.6. The van der Waals surface area contributed by atoms with Gasteiger partial charge in [-0.2, -0.15) is 0 Å². The maximum Gasteiger partial charge on any atom is 0.254 e. The van der Waals surface area contributed by atoms with Crippen molar-refractivity contribution in [3.8, 4) is 0 Å². The normalized spacial score (nSPS) is 21.1. The van der Waals surface area contributed by atoms with Gasteiger partial charge in [0, 0.05) is 18.4 Å². The summed E-state index contributed by atoms with van der Waals surface area (Å²) in [6.45, 7) is 6.99. The number of halogens is 1. The highest BCUT2D eigenvalue weighted by Gasteiger charge is 2.45. The van der Waals surface area contributed by atoms with Gasteiger partial charge in [-0.15, -0.1) is 0 Å². The van der Waals surface area contributed by atoms with Crippen molar-refractivity contribution in [3.05, 3.63) is 28.5 Å². The first-order chi connectivity index (χ1) is 7.90. The second kappa shape index (κ2) is 4.30. The molecule has 4 heteroatoms. The summed E-state index contributed by atoms with van der Waals surface area (Å²) in [5.41, 5.74) is 1.65. The lowest BCUT2D eigenvalue weighted by Gasteiger charge is -2.07. The lowest BCUT2D eigenvalue weighted by Crippen LogP contribution is -2.27. The van der Waals surface area contributed by atoms with Crippen LogP contribution in [-0.4, -0.2) is 17.4 Å². The van der Waals surface area contributed by atoms with Crippen molar-refractivity contribution in [2.75, 3.05) is 6.54 Å². The molecule has 1 aliphatic carbocycles. The molecule has 1 fully saturated rings. The van der Waals surface area contributed by atoms with Crippen LogP contribution in [-0.2, 0) is 0 Å². The molecule has 1 aromatic rings. The van der Waals surface area contributed by atoms with Crippen molar-refractivity contribution < 1.29 is 4.79 Å². The van der Waals surface area contributed by atoms with Gasteiger partial charge in [-0.1, -0.05) is 25.4 Å². The van der Waals surface area contributed by atoms with E-state index < -0.39 is 0 Å². The Labute approximate surface area is 107 Å². The molecule has 3 nitrogen and oxygen atoms in total. The average molecular weight is 253 g/mol. The number of aryl methyl sites for hydroxylation is 1. The third kappa shape index (κ3) is 2.78. The Kier molecular flexibility index (Phi) is 3.13. The Bertz CT molecular complexity index is 457. The molecule has 1 saturated carbocycles. The molecule has 0 radical (unpaired) electrons. The van der Waals surface area contributed by atoms with Gasteiger partial charge in [0.25, 0.3) is 5.91 Å². The summed E-state index contributed by atoms with van der Waals surface area (Å²) in [5, 5.41) is 3.38. The molecule has 1 aromatic heterocycles. The van der Waals surface area contributed by atoms with Crippen LogP contribution in [0.15, 0.2) is 12.3 Å². The fourth-order valence-electron chi connectivity index (χ4n) is 1.93. The maximum absolute atomic E-state index is 11.9. The Balaban J connectivity index is 1.96. The lowest BCUT2D eigenvalue weighted by atomic mass is 10.1. The van der Waals surface area contributed by atoms with Crippen molar-refractivity contribution in [1.29, 1.82) is 0 Å². The fourth-order valence-corrected chi connectivity index (χ4v) is 2.22. The molecule has 92 valence electrons. The number of pyridine rings is 1. The number of hydrogen-bond acceptors (Lipinski definition) is 2. The largest absolute Gasteiger partial charge is 0.352 e. The zero-order valence-corrected chi connectivity index (χ0v) is 11.1. The summed E-state index contributed by atoms with van der Waals surface area (Å²) < 4.78 is 0. The number of carbonyl (C=O) groups excluding carboxylic acids is 1. The molecule has 1 heterocycles. The zero-order valence-electron chi connectivity index (χ0n) is 10.4. The summed E-state index contributed by atoms with van der Waals surface area (Å²) in [6.07, 6.45) is 2.71. The molecular weight excluding hydrogens is 236 g/mol. The van der Waals surface area contributed by atoms with Gasteiger partial charge in [-0.3, -0.25) is 9.78 Å². The molecule has 1 N–H and O–H groups in total. The molecule has 0 saturated heterocycles. The molecule has 1 atom stereocenters. The number of amides is 1. The molecule has 1 unspecified atom stereocenters. The van der Waals surface area contributed by atoms with Gasteiger partial charge >= 0.3 is 0 Å². The lowest BCUT2D eigenvalue weighted by molar-refractivity contribution is 0.0950. The molecule has 17 heavy (non-hydrogen) atoms. The monoisotopic (exact) mass is 252 g/mol. The average Bonchev–Trinajstić information content (AvgIpc) is 2.83. The predicted octanol–water partition coefficient (Wildman–Crippen LogP) is 2.82. The SMILES string of the molecule is Cc1cc(Cl)c(C(=O)NCC2CC2(C)C)cn1. The van der Waals surface area contributed by atoms with E-state index in [1.54, 1.807) is 6.07 Å². The first-order valence-corrected chi connectivity index (χ1v) is 6.18. The number of carbonyl (C=O) groups is 1. The van der Waals surface area contributed by atoms with Crippen LogP contribution in [0.2, 0.25) is 5.02 Å². The van der Waals surface area contributed by atoms with Crippen LogP contribution < -0.4 is 5.32 Å². The number of aromatic nitrogens is 1. The number of nitrogens with one attached hydrogen (secondary N) is 1. The van der Waals surface area contributed by atoms with Crippen LogP contribution in [0, 0.1) is 18.3 Å². The van der Waals surface area contributed by atoms with Crippen LogP contribution >= 0.6 is 11.6 Å². The summed E-state index contributed by atoms with van der Waals surface area (Å²) in [6, 6.07) is 1.71. The van der Waals surface area contributed by atoms with Crippen molar-refractivity contribution in [3.63, 3.8) is 0 Å². The van der Waals surface area contributed by atoms with Gasteiger partial charge in [-0.25, -0.2) is 0 Å². The molecule has 1 amide bonds. The van der Waals surface area contributed by atoms with E-state index in [-0.39, 0.29) is 5.91 Å². The maximum atomic E-state index is 11.9. The van der Waals surface area contributed by atoms with E-state index in [2.05, 4.69) is 24.1 Å². The summed E-state index contributed by atoms with van der Waals surface area (Å²) >= 11 is 6.01. The third-order valence-corrected chi connectivity index (χ3v) is 3.77. The molecule has 0 spiro atoms. The number of rotatable bonds is 3. The van der Waals surface area contributed by atoms with E-state index in [9.17, 15) is 4.79 Å². The van der Waals surface area contributed by atoms with Gasteiger partial charge in [-0.05, 0) is 30.7 Å². The van der Waals surface area contributed by atoms with Crippen LogP contribution in [0.25, 0.3) is 0 Å². The quantitative estimate of drug-likeness (QED) is 0.899. The van der Waals surface area contributed by atoms with Gasteiger partial charge < -0.3 is 5.32 Å². The fraction of sp³-hybridized carbons (Fsp3) is 0.538. The second-order valence-corrected chi connectivity index (χ2v) is 5.81. The van der Waals surface area contributed by atoms with Gasteiger partial charge in [0.1, 0.15) is 0 Å². The second-order valence-electron chi connectivity index (χ2n) is 5.41. The highest BCUT2D eigenvalue weighted by molar-refractivity contribution is 6.33. The van der Waals surface area contributed by atoms with Crippen LogP contribution in [0.3, 0.4) is 0 Å². The highest BCUT2D eigenvalue weighted by atomic mass is 35.5. The van der Waals surface area contributed by atoms with Crippen LogP contribution in [0.4, 0.5) is 0 Å². The summed E-state index contributed by atoms with van der Waals surface area (Å²) in [4.78, 5) is 16.0. The van der Waals surface area contributed by atoms with Gasteiger partial charge in [0.2, 0.25) is 0 Å². The van der Waals surface area contributed by atoms with E-state index in [0.717, 1.165) is 12.2 Å². The topological polar surface area (TPSA) is 42.0 Å². The van der Waals surface area contributed by atoms with E-state index in [4.69, 9.17) is 11.6 Å². The smallest absolute Gasteiger partial charge is 0.254 e. The number of nitrogens with zero attached hydrogens (tertiary/aromatic N) is 1. The standard InChI is InChI=1S/C13H17ClN2O/c1-8-4-11(14)10(7-15-8)12(17)16-6-9-5-13(9,2)3/h4,7,9H,5-6H2,1-3H3,(H,16,17). The van der Waals surface area contributed by atoms with Crippen LogP contribution in [0.1, 0.15) is 36.3 Å². The third-order valence-electron chi connectivity index (χ3n) is 3.46. The first-order valence-electron chi connectivity index (χ1n) is 5.80. The van der Waals surface area contributed by atoms with Crippen LogP contribution in [0.5, 0.6) is 0 Å². The molecule has 0 bridgehead atoms. The minimum Gasteiger partial charge on any atom is -0.352 e. The van der Waals surface area contributed by atoms with E-state index in [1.807, 2.05) is 6.92 Å². The van der Waals surface area contributed by atoms with E-state index in [0.29, 0.717) is 21.9 Å². The minimum absolute atomic E-state index is 0.134. The van der Waals surface area contributed by atoms with Crippen molar-refractivity contribution in [2.24, 2.45) is 11.3 Å². The van der Waals surface area contributed by atoms with E-state index >= 15 is 0 Å². The predicted molar refractivity (Wildman–Crippen MR) is 68.2 cm³/mol. The molecule has 0 aliphatic heterocycles. The molecule has 1 aliphatic rings. The van der Waals surface area contributed by atoms with Gasteiger partial charge in [0.15, 0.2) is 0 Å². The Morgan fingerprint density at radius 1 is 1.65 bits per heavy atom. The Hall–Kier alpha value is -1.09. The molecular formula is C13H17ClN2O. The minimum atomic E-state index is -0.134. The van der Waals surface area contributed by atoms with Crippen molar-refractivity contribution in [1.82, 2.24) is 10.3 Å². The van der Waals surface area contributed by atoms with Gasteiger partial charge in [0.05, 0.1) is 10.6 Å². The van der Waals surface area contributed by atoms with Crippen molar-refractivity contribution in [2.45, 2.75) is 27.2 Å². The van der Waals surface area contributed by atoms with E-state index in [1.165, 1.54) is 12.6 Å². The molecule has 2 rings (SSSR count). The summed E-state index contributed by atoms with van der Waals surface area (Å²) in [5.74, 6) is 0.453. The Morgan fingerprint density at radius 3 is 2.82 bits per heavy atom.